The first-order valence-corrected chi connectivity index (χ1v) is 8.13. The first kappa shape index (κ1) is 15.8. The van der Waals surface area contributed by atoms with E-state index in [-0.39, 0.29) is 6.61 Å². The molecule has 2 aliphatic rings. The lowest BCUT2D eigenvalue weighted by Crippen LogP contribution is -2.39. The van der Waals surface area contributed by atoms with E-state index in [2.05, 4.69) is 9.88 Å². The van der Waals surface area contributed by atoms with E-state index in [0.717, 1.165) is 11.0 Å². The minimum atomic E-state index is -1.14. The molecule has 0 unspecified atom stereocenters. The second-order valence-electron chi connectivity index (χ2n) is 6.10. The van der Waals surface area contributed by atoms with Crippen LogP contribution in [0, 0.1) is 0 Å². The summed E-state index contributed by atoms with van der Waals surface area (Å²) in [5.74, 6) is 0.675. The summed E-state index contributed by atoms with van der Waals surface area (Å²) in [5, 5.41) is 29.9. The molecule has 1 aromatic heterocycles. The Hall–Kier alpha value is -1.71. The molecule has 0 bridgehead atoms. The predicted molar refractivity (Wildman–Crippen MR) is 85.8 cm³/mol. The van der Waals surface area contributed by atoms with Crippen molar-refractivity contribution in [1.29, 1.82) is 0 Å². The molecule has 8 nitrogen and oxygen atoms in total. The quantitative estimate of drug-likeness (QED) is 0.694. The number of hydrogen-bond donors (Lipinski definition) is 3. The lowest BCUT2D eigenvalue weighted by Gasteiger charge is -2.30. The second kappa shape index (κ2) is 6.30. The fourth-order valence-electron chi connectivity index (χ4n) is 3.36. The van der Waals surface area contributed by atoms with Crippen LogP contribution in [0.2, 0.25) is 0 Å². The van der Waals surface area contributed by atoms with Crippen LogP contribution in [0.3, 0.4) is 0 Å². The third-order valence-electron chi connectivity index (χ3n) is 4.64. The number of fused-ring (bicyclic) bond motifs is 1. The summed E-state index contributed by atoms with van der Waals surface area (Å²) in [5.41, 5.74) is 1.60. The van der Waals surface area contributed by atoms with E-state index < -0.39 is 24.5 Å². The molecule has 2 saturated heterocycles. The Morgan fingerprint density at radius 1 is 1.12 bits per heavy atom. The number of ether oxygens (including phenoxy) is 2. The van der Waals surface area contributed by atoms with E-state index in [9.17, 15) is 15.3 Å². The Kier molecular flexibility index (Phi) is 4.15. The van der Waals surface area contributed by atoms with Crippen molar-refractivity contribution in [3.63, 3.8) is 0 Å². The van der Waals surface area contributed by atoms with Crippen LogP contribution in [0.5, 0.6) is 0 Å². The van der Waals surface area contributed by atoms with Crippen molar-refractivity contribution in [2.45, 2.75) is 24.5 Å². The molecule has 2 fully saturated rings. The highest BCUT2D eigenvalue weighted by molar-refractivity contribution is 5.79. The van der Waals surface area contributed by atoms with Gasteiger partial charge in [-0.15, -0.1) is 0 Å². The fourth-order valence-corrected chi connectivity index (χ4v) is 3.36. The zero-order chi connectivity index (χ0) is 16.7. The van der Waals surface area contributed by atoms with Gasteiger partial charge in [-0.25, -0.2) is 4.98 Å². The minimum absolute atomic E-state index is 0.353. The molecule has 0 spiro atoms. The highest BCUT2D eigenvalue weighted by atomic mass is 16.6. The number of rotatable bonds is 3. The van der Waals surface area contributed by atoms with Crippen LogP contribution in [0.15, 0.2) is 24.3 Å². The fraction of sp³-hybridized carbons (Fsp3) is 0.562. The number of morpholine rings is 1. The van der Waals surface area contributed by atoms with Gasteiger partial charge >= 0.3 is 0 Å². The number of aromatic nitrogens is 2. The van der Waals surface area contributed by atoms with Crippen molar-refractivity contribution < 1.29 is 24.8 Å². The Morgan fingerprint density at radius 2 is 1.88 bits per heavy atom. The first-order valence-electron chi connectivity index (χ1n) is 8.13. The normalized spacial score (nSPS) is 31.0. The van der Waals surface area contributed by atoms with Gasteiger partial charge in [-0.05, 0) is 12.1 Å². The van der Waals surface area contributed by atoms with E-state index >= 15 is 0 Å². The van der Waals surface area contributed by atoms with Gasteiger partial charge in [-0.2, -0.15) is 0 Å². The maximum atomic E-state index is 10.4. The van der Waals surface area contributed by atoms with E-state index in [1.807, 2.05) is 28.8 Å². The zero-order valence-corrected chi connectivity index (χ0v) is 13.2. The highest BCUT2D eigenvalue weighted by Gasteiger charge is 2.45. The number of para-hydroxylation sites is 2. The van der Waals surface area contributed by atoms with E-state index in [0.29, 0.717) is 32.3 Å². The molecule has 0 amide bonds. The Balaban J connectivity index is 1.80. The number of aliphatic hydroxyl groups is 3. The molecule has 0 aliphatic carbocycles. The molecule has 0 saturated carbocycles. The monoisotopic (exact) mass is 335 g/mol. The summed E-state index contributed by atoms with van der Waals surface area (Å²) in [6, 6.07) is 7.60. The molecule has 3 heterocycles. The molecule has 3 N–H and O–H groups in total. The van der Waals surface area contributed by atoms with Crippen LogP contribution in [-0.2, 0) is 9.47 Å². The van der Waals surface area contributed by atoms with Crippen molar-refractivity contribution in [3.05, 3.63) is 24.3 Å². The van der Waals surface area contributed by atoms with E-state index in [1.165, 1.54) is 0 Å². The molecule has 24 heavy (non-hydrogen) atoms. The maximum absolute atomic E-state index is 10.4. The largest absolute Gasteiger partial charge is 0.394 e. The van der Waals surface area contributed by atoms with Crippen molar-refractivity contribution in [3.8, 4) is 0 Å². The molecule has 8 heteroatoms. The molecule has 0 radical (unpaired) electrons. The van der Waals surface area contributed by atoms with E-state index in [1.54, 1.807) is 0 Å². The Morgan fingerprint density at radius 3 is 2.58 bits per heavy atom. The predicted octanol–water partition coefficient (Wildman–Crippen LogP) is -0.516. The number of hydrogen-bond acceptors (Lipinski definition) is 7. The molecule has 1 aromatic carbocycles. The van der Waals surface area contributed by atoms with Crippen molar-refractivity contribution in [1.82, 2.24) is 9.55 Å². The van der Waals surface area contributed by atoms with Crippen LogP contribution >= 0.6 is 0 Å². The molecule has 2 aliphatic heterocycles. The molecular formula is C16H21N3O5. The lowest BCUT2D eigenvalue weighted by atomic mass is 10.1. The van der Waals surface area contributed by atoms with Gasteiger partial charge in [0.15, 0.2) is 6.23 Å². The van der Waals surface area contributed by atoms with Crippen molar-refractivity contribution in [2.75, 3.05) is 37.8 Å². The van der Waals surface area contributed by atoms with Gasteiger partial charge in [0.25, 0.3) is 0 Å². The number of nitrogens with zero attached hydrogens (tertiary/aromatic N) is 3. The second-order valence-corrected chi connectivity index (χ2v) is 6.10. The molecule has 4 rings (SSSR count). The zero-order valence-electron chi connectivity index (χ0n) is 13.2. The van der Waals surface area contributed by atoms with Crippen molar-refractivity contribution in [2.24, 2.45) is 0 Å². The van der Waals surface area contributed by atoms with Gasteiger partial charge in [-0.3, -0.25) is 4.57 Å². The van der Waals surface area contributed by atoms with E-state index in [4.69, 9.17) is 9.47 Å². The minimum Gasteiger partial charge on any atom is -0.394 e. The number of imidazole rings is 1. The molecule has 2 aromatic rings. The first-order chi connectivity index (χ1) is 11.7. The third kappa shape index (κ3) is 2.47. The highest BCUT2D eigenvalue weighted by Crippen LogP contribution is 2.36. The van der Waals surface area contributed by atoms with Crippen LogP contribution in [-0.4, -0.2) is 76.1 Å². The van der Waals surface area contributed by atoms with Gasteiger partial charge in [0.05, 0.1) is 30.9 Å². The average Bonchev–Trinajstić information content (AvgIpc) is 3.14. The third-order valence-corrected chi connectivity index (χ3v) is 4.64. The summed E-state index contributed by atoms with van der Waals surface area (Å²) in [7, 11) is 0. The number of benzene rings is 1. The summed E-state index contributed by atoms with van der Waals surface area (Å²) < 4.78 is 12.9. The van der Waals surface area contributed by atoms with Crippen LogP contribution in [0.4, 0.5) is 5.95 Å². The summed E-state index contributed by atoms with van der Waals surface area (Å²) in [6.07, 6.45) is -3.90. The van der Waals surface area contributed by atoms with Crippen LogP contribution in [0.1, 0.15) is 6.23 Å². The van der Waals surface area contributed by atoms with Gasteiger partial charge in [0.2, 0.25) is 5.95 Å². The van der Waals surface area contributed by atoms with Gasteiger partial charge in [-0.1, -0.05) is 12.1 Å². The van der Waals surface area contributed by atoms with Gasteiger partial charge in [0.1, 0.15) is 18.3 Å². The summed E-state index contributed by atoms with van der Waals surface area (Å²) >= 11 is 0. The molecule has 130 valence electrons. The van der Waals surface area contributed by atoms with Gasteiger partial charge in [0, 0.05) is 13.1 Å². The standard InChI is InChI=1S/C16H21N3O5/c20-9-12-13(21)14(22)15(24-12)19-11-4-2-1-3-10(11)17-16(19)18-5-7-23-8-6-18/h1-4,12-15,20-22H,5-9H2/t12-,13+,14-,15+/m0/s1. The van der Waals surface area contributed by atoms with Crippen LogP contribution < -0.4 is 4.90 Å². The maximum Gasteiger partial charge on any atom is 0.208 e. The average molecular weight is 335 g/mol. The number of aliphatic hydroxyl groups excluding tert-OH is 3. The lowest BCUT2D eigenvalue weighted by molar-refractivity contribution is -0.0504. The van der Waals surface area contributed by atoms with Crippen LogP contribution in [0.25, 0.3) is 11.0 Å². The summed E-state index contributed by atoms with van der Waals surface area (Å²) in [6.45, 7) is 2.25. The molecular weight excluding hydrogens is 314 g/mol. The summed E-state index contributed by atoms with van der Waals surface area (Å²) in [4.78, 5) is 6.77. The molecule has 4 atom stereocenters. The SMILES string of the molecule is OC[C@@H]1O[C@@H](n2c(N3CCOCC3)nc3ccccc32)[C@@H](O)[C@@H]1O. The number of anilines is 1. The Bertz CT molecular complexity index is 715. The van der Waals surface area contributed by atoms with Crippen molar-refractivity contribution >= 4 is 17.0 Å². The van der Waals surface area contributed by atoms with Gasteiger partial charge < -0.3 is 29.7 Å². The Labute approximate surface area is 138 Å². The topological polar surface area (TPSA) is 100 Å². The smallest absolute Gasteiger partial charge is 0.208 e.